The molecule has 34 heavy (non-hydrogen) atoms. The number of amides is 1. The smallest absolute Gasteiger partial charge is 0.260 e. The van der Waals surface area contributed by atoms with Gasteiger partial charge in [-0.15, -0.1) is 0 Å². The van der Waals surface area contributed by atoms with Crippen molar-refractivity contribution in [3.8, 4) is 11.5 Å². The van der Waals surface area contributed by atoms with Gasteiger partial charge in [-0.1, -0.05) is 47.7 Å². The van der Waals surface area contributed by atoms with Crippen LogP contribution < -0.4 is 9.64 Å². The molecule has 0 bridgehead atoms. The Hall–Kier alpha value is -3.26. The Morgan fingerprint density at radius 3 is 2.59 bits per heavy atom. The molecule has 7 heteroatoms. The molecule has 3 aromatic carbocycles. The summed E-state index contributed by atoms with van der Waals surface area (Å²) in [6.45, 7) is 6.59. The number of anilines is 1. The van der Waals surface area contributed by atoms with E-state index in [9.17, 15) is 4.79 Å². The van der Waals surface area contributed by atoms with E-state index in [0.717, 1.165) is 59.5 Å². The van der Waals surface area contributed by atoms with Crippen molar-refractivity contribution in [2.45, 2.75) is 6.92 Å². The fraction of sp³-hybridized carbons (Fsp3) is 0.259. The van der Waals surface area contributed by atoms with E-state index >= 15 is 0 Å². The van der Waals surface area contributed by atoms with Crippen molar-refractivity contribution < 1.29 is 14.3 Å². The van der Waals surface area contributed by atoms with Gasteiger partial charge < -0.3 is 9.47 Å². The lowest BCUT2D eigenvalue weighted by atomic mass is 10.2. The maximum Gasteiger partial charge on any atom is 0.260 e. The Morgan fingerprint density at radius 2 is 1.79 bits per heavy atom. The van der Waals surface area contributed by atoms with Crippen LogP contribution in [0.2, 0.25) is 0 Å². The summed E-state index contributed by atoms with van der Waals surface area (Å²) >= 11 is 1.56. The van der Waals surface area contributed by atoms with E-state index in [1.54, 1.807) is 22.3 Å². The van der Waals surface area contributed by atoms with Gasteiger partial charge in [0.2, 0.25) is 0 Å². The van der Waals surface area contributed by atoms with Crippen LogP contribution in [-0.4, -0.2) is 55.2 Å². The lowest BCUT2D eigenvalue weighted by Crippen LogP contribution is -2.43. The molecular formula is C27H27N3O3S. The molecule has 4 aromatic rings. The first-order chi connectivity index (χ1) is 16.7. The molecule has 5 rings (SSSR count). The second kappa shape index (κ2) is 10.3. The van der Waals surface area contributed by atoms with E-state index in [1.165, 1.54) is 0 Å². The standard InChI is InChI=1S/C27H27N3O3S/c1-20-7-5-12-24-25(20)28-27(34-24)30(14-13-29-15-17-32-18-16-29)26(31)21-8-6-11-23(19-21)33-22-9-3-2-4-10-22/h2-12,19H,13-18H2,1H3. The zero-order valence-electron chi connectivity index (χ0n) is 19.1. The molecule has 0 saturated carbocycles. The minimum Gasteiger partial charge on any atom is -0.457 e. The Morgan fingerprint density at radius 1 is 1.03 bits per heavy atom. The van der Waals surface area contributed by atoms with Crippen molar-refractivity contribution in [1.82, 2.24) is 9.88 Å². The first-order valence-corrected chi connectivity index (χ1v) is 12.3. The van der Waals surface area contributed by atoms with Crippen LogP contribution in [0.25, 0.3) is 10.2 Å². The van der Waals surface area contributed by atoms with Crippen LogP contribution in [0.3, 0.4) is 0 Å². The number of benzene rings is 3. The molecule has 1 amide bonds. The highest BCUT2D eigenvalue weighted by molar-refractivity contribution is 7.22. The second-order valence-electron chi connectivity index (χ2n) is 8.27. The molecule has 0 spiro atoms. The first kappa shape index (κ1) is 22.5. The molecule has 0 N–H and O–H groups in total. The summed E-state index contributed by atoms with van der Waals surface area (Å²) < 4.78 is 12.5. The average Bonchev–Trinajstić information content (AvgIpc) is 3.31. The summed E-state index contributed by atoms with van der Waals surface area (Å²) in [5, 5.41) is 0.719. The third-order valence-corrected chi connectivity index (χ3v) is 6.93. The van der Waals surface area contributed by atoms with Crippen LogP contribution in [0.1, 0.15) is 15.9 Å². The van der Waals surface area contributed by atoms with Crippen LogP contribution in [0, 0.1) is 6.92 Å². The summed E-state index contributed by atoms with van der Waals surface area (Å²) in [5.74, 6) is 1.28. The minimum absolute atomic E-state index is 0.0801. The van der Waals surface area contributed by atoms with Crippen LogP contribution in [0.5, 0.6) is 11.5 Å². The molecule has 0 aliphatic carbocycles. The highest BCUT2D eigenvalue weighted by Gasteiger charge is 2.23. The Kier molecular flexibility index (Phi) is 6.85. The Bertz CT molecular complexity index is 1270. The Balaban J connectivity index is 1.43. The zero-order valence-corrected chi connectivity index (χ0v) is 20.0. The van der Waals surface area contributed by atoms with Crippen LogP contribution in [0.4, 0.5) is 5.13 Å². The molecule has 0 unspecified atom stereocenters. The summed E-state index contributed by atoms with van der Waals surface area (Å²) in [6, 6.07) is 23.1. The maximum absolute atomic E-state index is 13.8. The number of carbonyl (C=O) groups is 1. The van der Waals surface area contributed by atoms with Crippen molar-refractivity contribution in [3.05, 3.63) is 83.9 Å². The van der Waals surface area contributed by atoms with Gasteiger partial charge in [0.15, 0.2) is 5.13 Å². The van der Waals surface area contributed by atoms with E-state index in [0.29, 0.717) is 17.9 Å². The van der Waals surface area contributed by atoms with E-state index in [2.05, 4.69) is 24.0 Å². The summed E-state index contributed by atoms with van der Waals surface area (Å²) in [5.41, 5.74) is 2.64. The molecule has 1 fully saturated rings. The molecule has 1 aliphatic rings. The number of aryl methyl sites for hydroxylation is 1. The van der Waals surface area contributed by atoms with Crippen LogP contribution in [0.15, 0.2) is 72.8 Å². The highest BCUT2D eigenvalue weighted by atomic mass is 32.1. The lowest BCUT2D eigenvalue weighted by molar-refractivity contribution is 0.0391. The molecule has 1 aliphatic heterocycles. The minimum atomic E-state index is -0.0801. The van der Waals surface area contributed by atoms with Gasteiger partial charge in [0.25, 0.3) is 5.91 Å². The topological polar surface area (TPSA) is 54.9 Å². The number of hydrogen-bond donors (Lipinski definition) is 0. The first-order valence-electron chi connectivity index (χ1n) is 11.5. The van der Waals surface area contributed by atoms with E-state index in [1.807, 2.05) is 54.6 Å². The fourth-order valence-corrected chi connectivity index (χ4v) is 5.08. The largest absolute Gasteiger partial charge is 0.457 e. The number of nitrogens with zero attached hydrogens (tertiary/aromatic N) is 3. The van der Waals surface area contributed by atoms with Crippen molar-refractivity contribution in [3.63, 3.8) is 0 Å². The van der Waals surface area contributed by atoms with Gasteiger partial charge in [-0.25, -0.2) is 4.98 Å². The zero-order chi connectivity index (χ0) is 23.3. The number of para-hydroxylation sites is 2. The van der Waals surface area contributed by atoms with Crippen molar-refractivity contribution in [2.24, 2.45) is 0 Å². The van der Waals surface area contributed by atoms with Gasteiger partial charge in [0, 0.05) is 31.7 Å². The quantitative estimate of drug-likeness (QED) is 0.361. The predicted molar refractivity (Wildman–Crippen MR) is 136 cm³/mol. The number of rotatable bonds is 7. The van der Waals surface area contributed by atoms with Crippen LogP contribution >= 0.6 is 11.3 Å². The number of morpholine rings is 1. The molecule has 6 nitrogen and oxygen atoms in total. The summed E-state index contributed by atoms with van der Waals surface area (Å²) in [6.07, 6.45) is 0. The molecule has 1 saturated heterocycles. The molecule has 1 aromatic heterocycles. The van der Waals surface area contributed by atoms with Gasteiger partial charge >= 0.3 is 0 Å². The average molecular weight is 474 g/mol. The van der Waals surface area contributed by atoms with E-state index in [-0.39, 0.29) is 5.91 Å². The maximum atomic E-state index is 13.8. The van der Waals surface area contributed by atoms with E-state index < -0.39 is 0 Å². The number of hydrogen-bond acceptors (Lipinski definition) is 6. The van der Waals surface area contributed by atoms with Crippen molar-refractivity contribution in [2.75, 3.05) is 44.3 Å². The summed E-state index contributed by atoms with van der Waals surface area (Å²) in [7, 11) is 0. The molecule has 0 radical (unpaired) electrons. The predicted octanol–water partition coefficient (Wildman–Crippen LogP) is 5.38. The van der Waals surface area contributed by atoms with Crippen LogP contribution in [-0.2, 0) is 4.74 Å². The third-order valence-electron chi connectivity index (χ3n) is 5.89. The SMILES string of the molecule is Cc1cccc2sc(N(CCN3CCOCC3)C(=O)c3cccc(Oc4ccccc4)c3)nc12. The number of carbonyl (C=O) groups excluding carboxylic acids is 1. The molecule has 2 heterocycles. The second-order valence-corrected chi connectivity index (χ2v) is 9.28. The van der Waals surface area contributed by atoms with E-state index in [4.69, 9.17) is 14.5 Å². The fourth-order valence-electron chi connectivity index (χ4n) is 4.01. The number of ether oxygens (including phenoxy) is 2. The monoisotopic (exact) mass is 473 g/mol. The third kappa shape index (κ3) is 5.12. The van der Waals surface area contributed by atoms with Gasteiger partial charge in [-0.3, -0.25) is 14.6 Å². The van der Waals surface area contributed by atoms with Gasteiger partial charge in [0.1, 0.15) is 11.5 Å². The van der Waals surface area contributed by atoms with Crippen molar-refractivity contribution in [1.29, 1.82) is 0 Å². The van der Waals surface area contributed by atoms with Gasteiger partial charge in [-0.2, -0.15) is 0 Å². The van der Waals surface area contributed by atoms with Crippen molar-refractivity contribution >= 4 is 32.6 Å². The van der Waals surface area contributed by atoms with Gasteiger partial charge in [0.05, 0.1) is 23.4 Å². The molecule has 174 valence electrons. The number of aromatic nitrogens is 1. The number of thiazole rings is 1. The Labute approximate surface area is 203 Å². The summed E-state index contributed by atoms with van der Waals surface area (Å²) in [4.78, 5) is 22.8. The highest BCUT2D eigenvalue weighted by Crippen LogP contribution is 2.32. The van der Waals surface area contributed by atoms with Gasteiger partial charge in [-0.05, 0) is 48.9 Å². The molecular weight excluding hydrogens is 446 g/mol. The molecule has 0 atom stereocenters. The lowest BCUT2D eigenvalue weighted by Gasteiger charge is -2.29. The number of fused-ring (bicyclic) bond motifs is 1. The normalized spacial score (nSPS) is 14.3.